The van der Waals surface area contributed by atoms with Crippen molar-refractivity contribution in [1.29, 1.82) is 0 Å². The Morgan fingerprint density at radius 3 is 2.33 bits per heavy atom. The maximum atomic E-state index is 12.2. The number of aliphatic carboxylic acids is 1. The number of piperidine rings is 1. The van der Waals surface area contributed by atoms with Gasteiger partial charge in [0, 0.05) is 11.0 Å². The number of hydrogen-bond acceptors (Lipinski definition) is 4. The third-order valence-corrected chi connectivity index (χ3v) is 6.02. The molecule has 2 rings (SSSR count). The van der Waals surface area contributed by atoms with Gasteiger partial charge in [0.2, 0.25) is 0 Å². The number of halogens is 1. The van der Waals surface area contributed by atoms with Crippen molar-refractivity contribution in [1.82, 2.24) is 4.90 Å². The van der Waals surface area contributed by atoms with Crippen molar-refractivity contribution in [2.75, 3.05) is 25.4 Å². The molecule has 0 bridgehead atoms. The molecule has 0 radical (unpaired) electrons. The van der Waals surface area contributed by atoms with E-state index >= 15 is 0 Å². The maximum absolute atomic E-state index is 12.2. The Labute approximate surface area is 133 Å². The second-order valence-electron chi connectivity index (χ2n) is 5.23. The van der Waals surface area contributed by atoms with Crippen molar-refractivity contribution in [2.24, 2.45) is 5.92 Å². The number of rotatable bonds is 5. The molecule has 0 atom stereocenters. The van der Waals surface area contributed by atoms with Gasteiger partial charge in [0.05, 0.1) is 16.6 Å². The summed E-state index contributed by atoms with van der Waals surface area (Å²) in [6.07, 6.45) is 1.18. The zero-order valence-corrected chi connectivity index (χ0v) is 13.9. The lowest BCUT2D eigenvalue weighted by Crippen LogP contribution is -2.38. The van der Waals surface area contributed by atoms with Crippen LogP contribution < -0.4 is 0 Å². The summed E-state index contributed by atoms with van der Waals surface area (Å²) in [7, 11) is -3.29. The number of sulfone groups is 1. The molecule has 0 aromatic heterocycles. The largest absolute Gasteiger partial charge is 0.481 e. The lowest BCUT2D eigenvalue weighted by molar-refractivity contribution is -0.143. The Bertz CT molecular complexity index is 592. The van der Waals surface area contributed by atoms with Crippen LogP contribution in [0.25, 0.3) is 0 Å². The quantitative estimate of drug-likeness (QED) is 0.851. The molecule has 0 aliphatic carbocycles. The average Bonchev–Trinajstić information content (AvgIpc) is 2.46. The highest BCUT2D eigenvalue weighted by atomic mass is 79.9. The molecule has 21 heavy (non-hydrogen) atoms. The summed E-state index contributed by atoms with van der Waals surface area (Å²) in [6.45, 7) is 1.74. The zero-order chi connectivity index (χ0) is 15.5. The highest BCUT2D eigenvalue weighted by molar-refractivity contribution is 9.10. The minimum atomic E-state index is -3.29. The fourth-order valence-corrected chi connectivity index (χ4v) is 3.96. The van der Waals surface area contributed by atoms with E-state index in [-0.39, 0.29) is 11.7 Å². The first-order chi connectivity index (χ1) is 9.88. The van der Waals surface area contributed by atoms with Gasteiger partial charge >= 0.3 is 5.97 Å². The first-order valence-corrected chi connectivity index (χ1v) is 9.26. The zero-order valence-electron chi connectivity index (χ0n) is 11.5. The molecule has 1 aliphatic heterocycles. The Hall–Kier alpha value is -0.920. The van der Waals surface area contributed by atoms with Crippen LogP contribution in [0, 0.1) is 5.92 Å². The number of likely N-dealkylation sites (tertiary alicyclic amines) is 1. The molecule has 0 amide bonds. The van der Waals surface area contributed by atoms with Crippen LogP contribution in [0.5, 0.6) is 0 Å². The van der Waals surface area contributed by atoms with E-state index in [2.05, 4.69) is 15.9 Å². The van der Waals surface area contributed by atoms with Crippen LogP contribution in [0.3, 0.4) is 0 Å². The number of nitrogens with zero attached hydrogens (tertiary/aromatic N) is 1. The summed E-state index contributed by atoms with van der Waals surface area (Å²) in [5.74, 6) is -0.978. The minimum Gasteiger partial charge on any atom is -0.481 e. The van der Waals surface area contributed by atoms with Crippen molar-refractivity contribution in [3.63, 3.8) is 0 Å². The van der Waals surface area contributed by atoms with Crippen LogP contribution in [-0.2, 0) is 14.6 Å². The molecule has 116 valence electrons. The van der Waals surface area contributed by atoms with Crippen molar-refractivity contribution in [3.05, 3.63) is 28.7 Å². The van der Waals surface area contributed by atoms with Gasteiger partial charge in [0.15, 0.2) is 9.84 Å². The Kier molecular flexibility index (Phi) is 5.40. The summed E-state index contributed by atoms with van der Waals surface area (Å²) in [6, 6.07) is 6.61. The Morgan fingerprint density at radius 1 is 1.24 bits per heavy atom. The van der Waals surface area contributed by atoms with E-state index < -0.39 is 15.8 Å². The molecular formula is C14H18BrNO4S. The van der Waals surface area contributed by atoms with Gasteiger partial charge in [0.25, 0.3) is 0 Å². The molecule has 1 saturated heterocycles. The summed E-state index contributed by atoms with van der Waals surface area (Å²) < 4.78 is 25.3. The van der Waals surface area contributed by atoms with Crippen LogP contribution in [0.4, 0.5) is 0 Å². The van der Waals surface area contributed by atoms with Crippen molar-refractivity contribution in [3.8, 4) is 0 Å². The van der Waals surface area contributed by atoms with Gasteiger partial charge in [-0.05, 0) is 50.2 Å². The van der Waals surface area contributed by atoms with Crippen LogP contribution >= 0.6 is 15.9 Å². The van der Waals surface area contributed by atoms with Gasteiger partial charge in [-0.1, -0.05) is 15.9 Å². The highest BCUT2D eigenvalue weighted by Gasteiger charge is 2.25. The molecule has 1 aromatic carbocycles. The molecule has 7 heteroatoms. The minimum absolute atomic E-state index is 0.0619. The van der Waals surface area contributed by atoms with Gasteiger partial charge in [-0.15, -0.1) is 0 Å². The molecular weight excluding hydrogens is 358 g/mol. The molecule has 1 N–H and O–H groups in total. The SMILES string of the molecule is O=C(O)C1CCN(CCS(=O)(=O)c2ccc(Br)cc2)CC1. The highest BCUT2D eigenvalue weighted by Crippen LogP contribution is 2.19. The first kappa shape index (κ1) is 16.5. The molecule has 0 saturated carbocycles. The standard InChI is InChI=1S/C14H18BrNO4S/c15-12-1-3-13(4-2-12)21(19,20)10-9-16-7-5-11(6-8-16)14(17)18/h1-4,11H,5-10H2,(H,17,18). The molecule has 1 fully saturated rings. The summed E-state index contributed by atoms with van der Waals surface area (Å²) in [5, 5.41) is 8.94. The van der Waals surface area contributed by atoms with Crippen molar-refractivity contribution >= 4 is 31.7 Å². The summed E-state index contributed by atoms with van der Waals surface area (Å²) in [5.41, 5.74) is 0. The van der Waals surface area contributed by atoms with E-state index in [9.17, 15) is 13.2 Å². The Morgan fingerprint density at radius 2 is 1.81 bits per heavy atom. The number of carboxylic acids is 1. The van der Waals surface area contributed by atoms with Crippen LogP contribution in [0.2, 0.25) is 0 Å². The normalized spacial score (nSPS) is 17.8. The van der Waals surface area contributed by atoms with E-state index in [1.54, 1.807) is 24.3 Å². The average molecular weight is 376 g/mol. The predicted octanol–water partition coefficient (Wildman–Crippen LogP) is 2.02. The molecule has 1 aliphatic rings. The smallest absolute Gasteiger partial charge is 0.306 e. The van der Waals surface area contributed by atoms with Crippen molar-refractivity contribution in [2.45, 2.75) is 17.7 Å². The van der Waals surface area contributed by atoms with Gasteiger partial charge in [0.1, 0.15) is 0 Å². The maximum Gasteiger partial charge on any atom is 0.306 e. The predicted molar refractivity (Wildman–Crippen MR) is 83.0 cm³/mol. The van der Waals surface area contributed by atoms with Gasteiger partial charge in [-0.25, -0.2) is 8.42 Å². The lowest BCUT2D eigenvalue weighted by atomic mass is 9.97. The Balaban J connectivity index is 1.88. The monoisotopic (exact) mass is 375 g/mol. The third kappa shape index (κ3) is 4.52. The van der Waals surface area contributed by atoms with E-state index in [1.165, 1.54) is 0 Å². The van der Waals surface area contributed by atoms with E-state index in [0.717, 1.165) is 4.47 Å². The number of benzene rings is 1. The van der Waals surface area contributed by atoms with E-state index in [0.29, 0.717) is 37.4 Å². The second-order valence-corrected chi connectivity index (χ2v) is 8.25. The summed E-state index contributed by atoms with van der Waals surface area (Å²) in [4.78, 5) is 13.2. The van der Waals surface area contributed by atoms with Gasteiger partial charge < -0.3 is 10.0 Å². The molecule has 0 spiro atoms. The fraction of sp³-hybridized carbons (Fsp3) is 0.500. The lowest BCUT2D eigenvalue weighted by Gasteiger charge is -2.29. The molecule has 1 aromatic rings. The fourth-order valence-electron chi connectivity index (χ4n) is 2.41. The number of carbonyl (C=O) groups is 1. The van der Waals surface area contributed by atoms with Crippen molar-refractivity contribution < 1.29 is 18.3 Å². The van der Waals surface area contributed by atoms with E-state index in [1.807, 2.05) is 4.90 Å². The first-order valence-electron chi connectivity index (χ1n) is 6.82. The topological polar surface area (TPSA) is 74.7 Å². The number of hydrogen-bond donors (Lipinski definition) is 1. The van der Waals surface area contributed by atoms with Gasteiger partial charge in [-0.2, -0.15) is 0 Å². The van der Waals surface area contributed by atoms with Crippen LogP contribution in [-0.4, -0.2) is 49.8 Å². The second kappa shape index (κ2) is 6.89. The van der Waals surface area contributed by atoms with Crippen LogP contribution in [0.1, 0.15) is 12.8 Å². The van der Waals surface area contributed by atoms with Crippen LogP contribution in [0.15, 0.2) is 33.6 Å². The molecule has 1 heterocycles. The number of carboxylic acid groups (broad SMARTS) is 1. The third-order valence-electron chi connectivity index (χ3n) is 3.79. The van der Waals surface area contributed by atoms with E-state index in [4.69, 9.17) is 5.11 Å². The summed E-state index contributed by atoms with van der Waals surface area (Å²) >= 11 is 3.28. The van der Waals surface area contributed by atoms with Gasteiger partial charge in [-0.3, -0.25) is 4.79 Å². The molecule has 0 unspecified atom stereocenters. The molecule has 5 nitrogen and oxygen atoms in total.